The topological polar surface area (TPSA) is 132 Å². The van der Waals surface area contributed by atoms with Crippen molar-refractivity contribution >= 4 is 35.2 Å². The zero-order valence-corrected chi connectivity index (χ0v) is 21.0. The zero-order valence-electron chi connectivity index (χ0n) is 19.5. The van der Waals surface area contributed by atoms with Crippen LogP contribution in [-0.4, -0.2) is 65.1 Å². The van der Waals surface area contributed by atoms with E-state index in [1.54, 1.807) is 6.26 Å². The molecule has 1 saturated carbocycles. The lowest BCUT2D eigenvalue weighted by atomic mass is 9.62. The Morgan fingerprint density at radius 3 is 2.58 bits per heavy atom. The molecule has 2 aromatic rings. The maximum absolute atomic E-state index is 13.5. The molecule has 36 heavy (non-hydrogen) atoms. The number of hydrogen-bond acceptors (Lipinski definition) is 9. The predicted octanol–water partition coefficient (Wildman–Crippen LogP) is 2.24. The smallest absolute Gasteiger partial charge is 0.262 e. The van der Waals surface area contributed by atoms with Crippen LogP contribution in [0.4, 0.5) is 4.39 Å². The maximum Gasteiger partial charge on any atom is 0.262 e. The summed E-state index contributed by atoms with van der Waals surface area (Å²) in [6, 6.07) is 5.37. The van der Waals surface area contributed by atoms with Gasteiger partial charge in [0.1, 0.15) is 11.6 Å². The number of fused-ring (bicyclic) bond motifs is 2. The van der Waals surface area contributed by atoms with E-state index >= 15 is 0 Å². The highest BCUT2D eigenvalue weighted by Gasteiger charge is 2.52. The summed E-state index contributed by atoms with van der Waals surface area (Å²) in [5.41, 5.74) is 0.718. The van der Waals surface area contributed by atoms with Gasteiger partial charge in [-0.3, -0.25) is 9.59 Å². The van der Waals surface area contributed by atoms with E-state index in [1.807, 2.05) is 0 Å². The number of amides is 2. The predicted molar refractivity (Wildman–Crippen MR) is 129 cm³/mol. The molecule has 13 heteroatoms. The van der Waals surface area contributed by atoms with Crippen molar-refractivity contribution in [3.8, 4) is 17.5 Å². The highest BCUT2D eigenvalue weighted by Crippen LogP contribution is 2.47. The molecule has 10 nitrogen and oxygen atoms in total. The molecule has 2 bridgehead atoms. The Morgan fingerprint density at radius 1 is 1.19 bits per heavy atom. The molecule has 0 radical (unpaired) electrons. The molecule has 0 unspecified atom stereocenters. The molecular weight excluding hydrogens is 515 g/mol. The van der Waals surface area contributed by atoms with Crippen molar-refractivity contribution in [2.75, 3.05) is 26.6 Å². The Labute approximate surface area is 215 Å². The molecule has 0 saturated heterocycles. The second-order valence-electron chi connectivity index (χ2n) is 8.30. The van der Waals surface area contributed by atoms with E-state index in [4.69, 9.17) is 25.8 Å². The summed E-state index contributed by atoms with van der Waals surface area (Å²) in [5, 5.41) is 16.7. The lowest BCUT2D eigenvalue weighted by Crippen LogP contribution is -2.65. The third-order valence-corrected chi connectivity index (χ3v) is 6.72. The van der Waals surface area contributed by atoms with E-state index < -0.39 is 29.3 Å². The quantitative estimate of drug-likeness (QED) is 0.308. The number of rotatable bonds is 10. The van der Waals surface area contributed by atoms with E-state index in [1.165, 1.54) is 37.1 Å². The molecule has 3 aliphatic rings. The number of benzene rings is 1. The number of aromatic nitrogens is 2. The molecule has 3 N–H and O–H groups in total. The van der Waals surface area contributed by atoms with Gasteiger partial charge < -0.3 is 30.0 Å². The summed E-state index contributed by atoms with van der Waals surface area (Å²) >= 11 is 6.94. The number of thioether (sulfide) groups is 1. The van der Waals surface area contributed by atoms with Crippen LogP contribution >= 0.6 is 23.4 Å². The zero-order chi connectivity index (χ0) is 25.9. The number of ether oxygens (including phenoxy) is 3. The summed E-state index contributed by atoms with van der Waals surface area (Å²) in [7, 11) is 1.47. The minimum absolute atomic E-state index is 0.0407. The van der Waals surface area contributed by atoms with Crippen LogP contribution in [0.3, 0.4) is 0 Å². The van der Waals surface area contributed by atoms with Crippen LogP contribution in [0.2, 0.25) is 5.02 Å². The number of nitrogens with one attached hydrogen (secondary N) is 2. The van der Waals surface area contributed by atoms with Crippen molar-refractivity contribution < 1.29 is 33.3 Å². The van der Waals surface area contributed by atoms with Gasteiger partial charge in [-0.25, -0.2) is 4.39 Å². The molecule has 1 atom stereocenters. The fourth-order valence-corrected chi connectivity index (χ4v) is 4.51. The molecule has 1 aromatic heterocycles. The molecule has 1 heterocycles. The molecule has 2 amide bonds. The summed E-state index contributed by atoms with van der Waals surface area (Å²) in [6.07, 6.45) is 1.87. The third-order valence-electron chi connectivity index (χ3n) is 5.86. The monoisotopic (exact) mass is 538 g/mol. The Balaban J connectivity index is 1.28. The Bertz CT molecular complexity index is 1180. The van der Waals surface area contributed by atoms with E-state index in [0.29, 0.717) is 29.6 Å². The first-order valence-electron chi connectivity index (χ1n) is 10.9. The van der Waals surface area contributed by atoms with Crippen LogP contribution in [0.15, 0.2) is 40.7 Å². The molecule has 1 fully saturated rings. The van der Waals surface area contributed by atoms with Gasteiger partial charge in [-0.05, 0) is 36.8 Å². The summed E-state index contributed by atoms with van der Waals surface area (Å²) < 4.78 is 29.4. The summed E-state index contributed by atoms with van der Waals surface area (Å²) in [6.45, 7) is -0.632. The maximum atomic E-state index is 13.5. The molecule has 0 spiro atoms. The van der Waals surface area contributed by atoms with Crippen LogP contribution in [-0.2, 0) is 9.59 Å². The van der Waals surface area contributed by atoms with Gasteiger partial charge >= 0.3 is 0 Å². The molecule has 1 aromatic carbocycles. The standard InChI is InChI=1S/C23H24ClFN4O6S/c1-33-20-7-21(28-22(27-20)36-2)35-11-19(32)29-23-8-12(9-23)16(6-17(23)30)26-18(31)10-34-13-3-4-14(24)15(25)5-13/h3-5,7,17,30H,6,8-11H2,1-2H3,(H,26,31)(H,29,32)/t17-/m0/s1. The van der Waals surface area contributed by atoms with Crippen molar-refractivity contribution in [2.24, 2.45) is 0 Å². The number of aliphatic hydroxyl groups is 1. The van der Waals surface area contributed by atoms with Gasteiger partial charge in [-0.1, -0.05) is 23.4 Å². The number of aliphatic hydroxyl groups excluding tert-OH is 1. The van der Waals surface area contributed by atoms with Crippen molar-refractivity contribution in [1.82, 2.24) is 20.6 Å². The van der Waals surface area contributed by atoms with Gasteiger partial charge in [-0.15, -0.1) is 0 Å². The van der Waals surface area contributed by atoms with Gasteiger partial charge in [-0.2, -0.15) is 9.97 Å². The minimum atomic E-state index is -0.900. The fraction of sp³-hybridized carbons (Fsp3) is 0.391. The van der Waals surface area contributed by atoms with Gasteiger partial charge in [0.25, 0.3) is 11.8 Å². The van der Waals surface area contributed by atoms with Crippen molar-refractivity contribution in [3.05, 3.63) is 46.4 Å². The first-order chi connectivity index (χ1) is 17.2. The van der Waals surface area contributed by atoms with E-state index in [-0.39, 0.29) is 36.3 Å². The van der Waals surface area contributed by atoms with Gasteiger partial charge in [0.15, 0.2) is 18.4 Å². The minimum Gasteiger partial charge on any atom is -0.484 e. The molecule has 192 valence electrons. The highest BCUT2D eigenvalue weighted by molar-refractivity contribution is 7.98. The Morgan fingerprint density at radius 2 is 1.92 bits per heavy atom. The summed E-state index contributed by atoms with van der Waals surface area (Å²) in [5.74, 6) is -0.805. The number of carbonyl (C=O) groups is 2. The average molecular weight is 539 g/mol. The first-order valence-corrected chi connectivity index (χ1v) is 12.5. The van der Waals surface area contributed by atoms with Crippen LogP contribution < -0.4 is 24.8 Å². The number of hydrogen-bond donors (Lipinski definition) is 3. The Hall–Kier alpha value is -3.09. The van der Waals surface area contributed by atoms with Crippen LogP contribution in [0, 0.1) is 5.82 Å². The van der Waals surface area contributed by atoms with Gasteiger partial charge in [0.05, 0.1) is 29.8 Å². The van der Waals surface area contributed by atoms with E-state index in [9.17, 15) is 19.1 Å². The lowest BCUT2D eigenvalue weighted by Gasteiger charge is -2.52. The van der Waals surface area contributed by atoms with Gasteiger partial charge in [0, 0.05) is 18.2 Å². The summed E-state index contributed by atoms with van der Waals surface area (Å²) in [4.78, 5) is 33.1. The second kappa shape index (κ2) is 10.9. The SMILES string of the molecule is COc1cc(OCC(=O)NC23CC(=C(NC(=O)COc4ccc(Cl)c(F)c4)C[C@@H]2O)C3)nc(SC)n1. The highest BCUT2D eigenvalue weighted by atomic mass is 35.5. The number of carbonyl (C=O) groups excluding carboxylic acids is 2. The van der Waals surface area contributed by atoms with Crippen LogP contribution in [0.5, 0.6) is 17.5 Å². The largest absolute Gasteiger partial charge is 0.484 e. The fourth-order valence-electron chi connectivity index (χ4n) is 4.03. The molecule has 0 aliphatic heterocycles. The van der Waals surface area contributed by atoms with Crippen LogP contribution in [0.1, 0.15) is 19.3 Å². The molecule has 3 aliphatic carbocycles. The second-order valence-corrected chi connectivity index (χ2v) is 9.48. The number of methoxy groups -OCH3 is 1. The number of nitrogens with zero attached hydrogens (tertiary/aromatic N) is 2. The normalized spacial score (nSPS) is 20.3. The molecule has 5 rings (SSSR count). The lowest BCUT2D eigenvalue weighted by molar-refractivity contribution is -0.129. The van der Waals surface area contributed by atoms with E-state index in [0.717, 1.165) is 11.6 Å². The van der Waals surface area contributed by atoms with Crippen molar-refractivity contribution in [3.63, 3.8) is 0 Å². The van der Waals surface area contributed by atoms with Gasteiger partial charge in [0.2, 0.25) is 11.8 Å². The first kappa shape index (κ1) is 26.0. The van der Waals surface area contributed by atoms with Crippen LogP contribution in [0.25, 0.3) is 0 Å². The van der Waals surface area contributed by atoms with Crippen molar-refractivity contribution in [2.45, 2.75) is 36.1 Å². The molecular formula is C23H24ClFN4O6S. The Kier molecular flexibility index (Phi) is 7.86. The van der Waals surface area contributed by atoms with Crippen molar-refractivity contribution in [1.29, 1.82) is 0 Å². The average Bonchev–Trinajstić information content (AvgIpc) is 2.84. The van der Waals surface area contributed by atoms with E-state index in [2.05, 4.69) is 20.6 Å². The third kappa shape index (κ3) is 5.82. The number of halogens is 2.